The topological polar surface area (TPSA) is 75.6 Å². The minimum atomic E-state index is -0.265. The monoisotopic (exact) mass is 310 g/mol. The number of nitrogens with zero attached hydrogens (tertiary/aromatic N) is 4. The van der Waals surface area contributed by atoms with Crippen molar-refractivity contribution in [3.05, 3.63) is 71.9 Å². The van der Waals surface area contributed by atoms with Crippen LogP contribution >= 0.6 is 0 Å². The first kappa shape index (κ1) is 14.8. The van der Waals surface area contributed by atoms with E-state index in [1.165, 1.54) is 12.3 Å². The molecule has 7 heteroatoms. The Morgan fingerprint density at radius 1 is 0.957 bits per heavy atom. The highest BCUT2D eigenvalue weighted by molar-refractivity contribution is 5.38. The summed E-state index contributed by atoms with van der Waals surface area (Å²) >= 11 is 0. The lowest BCUT2D eigenvalue weighted by Crippen LogP contribution is -2.09. The number of anilines is 2. The molecule has 0 radical (unpaired) electrons. The number of pyridine rings is 1. The van der Waals surface area contributed by atoms with E-state index in [0.717, 1.165) is 5.56 Å². The van der Waals surface area contributed by atoms with Crippen LogP contribution in [0.15, 0.2) is 55.0 Å². The van der Waals surface area contributed by atoms with Crippen LogP contribution in [0.5, 0.6) is 0 Å². The van der Waals surface area contributed by atoms with Gasteiger partial charge in [-0.1, -0.05) is 24.3 Å². The summed E-state index contributed by atoms with van der Waals surface area (Å²) in [6.45, 7) is 0.875. The Bertz CT molecular complexity index is 765. The second-order valence-corrected chi connectivity index (χ2v) is 4.83. The van der Waals surface area contributed by atoms with E-state index in [1.54, 1.807) is 30.6 Å². The molecule has 2 heterocycles. The maximum absolute atomic E-state index is 13.6. The van der Waals surface area contributed by atoms with Gasteiger partial charge >= 0.3 is 0 Å². The molecule has 23 heavy (non-hydrogen) atoms. The van der Waals surface area contributed by atoms with Gasteiger partial charge < -0.3 is 10.6 Å². The van der Waals surface area contributed by atoms with Crippen LogP contribution in [0.1, 0.15) is 11.1 Å². The zero-order valence-corrected chi connectivity index (χ0v) is 12.3. The number of hydrogen-bond acceptors (Lipinski definition) is 6. The Morgan fingerprint density at radius 2 is 1.87 bits per heavy atom. The molecule has 2 aromatic heterocycles. The van der Waals surface area contributed by atoms with E-state index in [9.17, 15) is 4.39 Å². The van der Waals surface area contributed by atoms with Crippen molar-refractivity contribution in [3.63, 3.8) is 0 Å². The second kappa shape index (κ2) is 7.26. The predicted molar refractivity (Wildman–Crippen MR) is 85.1 cm³/mol. The van der Waals surface area contributed by atoms with Crippen LogP contribution in [-0.2, 0) is 13.1 Å². The number of aromatic nitrogens is 4. The van der Waals surface area contributed by atoms with E-state index in [0.29, 0.717) is 30.4 Å². The summed E-state index contributed by atoms with van der Waals surface area (Å²) < 4.78 is 13.6. The summed E-state index contributed by atoms with van der Waals surface area (Å²) in [6.07, 6.45) is 5.03. The molecule has 0 unspecified atom stereocenters. The first-order valence-electron chi connectivity index (χ1n) is 7.11. The first-order valence-corrected chi connectivity index (χ1v) is 7.11. The average Bonchev–Trinajstić information content (AvgIpc) is 2.61. The van der Waals surface area contributed by atoms with Crippen LogP contribution in [0.3, 0.4) is 0 Å². The van der Waals surface area contributed by atoms with Crippen molar-refractivity contribution in [2.24, 2.45) is 0 Å². The van der Waals surface area contributed by atoms with Crippen molar-refractivity contribution >= 4 is 11.8 Å². The van der Waals surface area contributed by atoms with E-state index in [2.05, 4.69) is 30.8 Å². The van der Waals surface area contributed by atoms with Gasteiger partial charge in [0.25, 0.3) is 0 Å². The van der Waals surface area contributed by atoms with Gasteiger partial charge in [-0.15, -0.1) is 5.10 Å². The SMILES string of the molecule is Fc1ccccc1CNc1nncc(NCc2cccnc2)n1. The zero-order valence-electron chi connectivity index (χ0n) is 12.3. The highest BCUT2D eigenvalue weighted by Gasteiger charge is 2.03. The number of hydrogen-bond donors (Lipinski definition) is 2. The number of benzene rings is 1. The van der Waals surface area contributed by atoms with Crippen LogP contribution in [-0.4, -0.2) is 20.2 Å². The summed E-state index contributed by atoms with van der Waals surface area (Å²) in [5.41, 5.74) is 1.58. The van der Waals surface area contributed by atoms with Gasteiger partial charge in [0.05, 0.1) is 6.20 Å². The second-order valence-electron chi connectivity index (χ2n) is 4.83. The quantitative estimate of drug-likeness (QED) is 0.729. The molecule has 3 aromatic rings. The van der Waals surface area contributed by atoms with E-state index < -0.39 is 0 Å². The Hall–Kier alpha value is -3.09. The molecule has 0 atom stereocenters. The molecule has 0 aliphatic rings. The maximum Gasteiger partial charge on any atom is 0.244 e. The molecule has 0 fully saturated rings. The predicted octanol–water partition coefficient (Wildman–Crippen LogP) is 2.63. The molecule has 1 aromatic carbocycles. The van der Waals surface area contributed by atoms with E-state index >= 15 is 0 Å². The first-order chi connectivity index (χ1) is 11.3. The third-order valence-corrected chi connectivity index (χ3v) is 3.15. The van der Waals surface area contributed by atoms with Gasteiger partial charge in [0, 0.05) is 31.0 Å². The molecule has 0 bridgehead atoms. The molecule has 0 aliphatic carbocycles. The number of halogens is 1. The van der Waals surface area contributed by atoms with Crippen molar-refractivity contribution in [2.75, 3.05) is 10.6 Å². The van der Waals surface area contributed by atoms with Crippen LogP contribution in [0.4, 0.5) is 16.2 Å². The summed E-state index contributed by atoms with van der Waals surface area (Å²) in [5.74, 6) is 0.656. The summed E-state index contributed by atoms with van der Waals surface area (Å²) in [5, 5.41) is 13.9. The molecule has 0 aliphatic heterocycles. The average molecular weight is 310 g/mol. The molecule has 6 nitrogen and oxygen atoms in total. The van der Waals surface area contributed by atoms with Crippen LogP contribution in [0, 0.1) is 5.82 Å². The number of nitrogens with one attached hydrogen (secondary N) is 2. The van der Waals surface area contributed by atoms with Gasteiger partial charge in [0.1, 0.15) is 5.82 Å². The fourth-order valence-electron chi connectivity index (χ4n) is 1.97. The molecule has 0 saturated carbocycles. The fourth-order valence-corrected chi connectivity index (χ4v) is 1.97. The minimum absolute atomic E-state index is 0.265. The van der Waals surface area contributed by atoms with Gasteiger partial charge in [-0.2, -0.15) is 10.1 Å². The van der Waals surface area contributed by atoms with Crippen molar-refractivity contribution < 1.29 is 4.39 Å². The van der Waals surface area contributed by atoms with Crippen LogP contribution in [0.2, 0.25) is 0 Å². The number of rotatable bonds is 6. The molecular formula is C16H15FN6. The Morgan fingerprint density at radius 3 is 2.70 bits per heavy atom. The van der Waals surface area contributed by atoms with Crippen LogP contribution in [0.25, 0.3) is 0 Å². The lowest BCUT2D eigenvalue weighted by atomic mass is 10.2. The van der Waals surface area contributed by atoms with Gasteiger partial charge in [-0.05, 0) is 17.7 Å². The molecule has 116 valence electrons. The highest BCUT2D eigenvalue weighted by Crippen LogP contribution is 2.10. The summed E-state index contributed by atoms with van der Waals surface area (Å²) in [7, 11) is 0. The Labute approximate surface area is 132 Å². The van der Waals surface area contributed by atoms with E-state index in [1.807, 2.05) is 12.1 Å². The standard InChI is InChI=1S/C16H15FN6/c17-14-6-2-1-5-13(14)10-20-16-22-15(11-21-23-16)19-9-12-4-3-7-18-8-12/h1-8,11H,9-10H2,(H2,19,20,22,23). The van der Waals surface area contributed by atoms with Crippen molar-refractivity contribution in [1.29, 1.82) is 0 Å². The van der Waals surface area contributed by atoms with Gasteiger partial charge in [-0.3, -0.25) is 4.98 Å². The van der Waals surface area contributed by atoms with E-state index in [-0.39, 0.29) is 5.82 Å². The molecule has 3 rings (SSSR count). The van der Waals surface area contributed by atoms with Gasteiger partial charge in [-0.25, -0.2) is 4.39 Å². The molecular weight excluding hydrogens is 295 g/mol. The van der Waals surface area contributed by atoms with Crippen molar-refractivity contribution in [2.45, 2.75) is 13.1 Å². The van der Waals surface area contributed by atoms with E-state index in [4.69, 9.17) is 0 Å². The molecule has 0 spiro atoms. The van der Waals surface area contributed by atoms with Crippen molar-refractivity contribution in [1.82, 2.24) is 20.2 Å². The third kappa shape index (κ3) is 4.19. The molecule has 2 N–H and O–H groups in total. The minimum Gasteiger partial charge on any atom is -0.364 e. The lowest BCUT2D eigenvalue weighted by molar-refractivity contribution is 0.612. The largest absolute Gasteiger partial charge is 0.364 e. The summed E-state index contributed by atoms with van der Waals surface area (Å²) in [6, 6.07) is 10.4. The zero-order chi connectivity index (χ0) is 15.9. The normalized spacial score (nSPS) is 10.3. The third-order valence-electron chi connectivity index (χ3n) is 3.15. The maximum atomic E-state index is 13.6. The van der Waals surface area contributed by atoms with Crippen LogP contribution < -0.4 is 10.6 Å². The molecule has 0 amide bonds. The van der Waals surface area contributed by atoms with Crippen molar-refractivity contribution in [3.8, 4) is 0 Å². The highest BCUT2D eigenvalue weighted by atomic mass is 19.1. The van der Waals surface area contributed by atoms with Gasteiger partial charge in [0.15, 0.2) is 5.82 Å². The molecule has 0 saturated heterocycles. The summed E-state index contributed by atoms with van der Waals surface area (Å²) in [4.78, 5) is 8.34. The lowest BCUT2D eigenvalue weighted by Gasteiger charge is -2.08. The smallest absolute Gasteiger partial charge is 0.244 e. The fraction of sp³-hybridized carbons (Fsp3) is 0.125. The van der Waals surface area contributed by atoms with Gasteiger partial charge in [0.2, 0.25) is 5.95 Å². The Balaban J connectivity index is 1.60. The Kier molecular flexibility index (Phi) is 4.68.